The molecule has 1 aromatic heterocycles. The fraction of sp³-hybridized carbons (Fsp3) is 0.722. The second-order valence-corrected chi connectivity index (χ2v) is 7.60. The van der Waals surface area contributed by atoms with Crippen molar-refractivity contribution in [3.05, 3.63) is 18.0 Å². The van der Waals surface area contributed by atoms with E-state index in [2.05, 4.69) is 34.6 Å². The number of nitrogens with zero attached hydrogens (tertiary/aromatic N) is 3. The van der Waals surface area contributed by atoms with Crippen molar-refractivity contribution in [3.63, 3.8) is 0 Å². The normalized spacial score (nSPS) is 13.5. The Hall–Kier alpha value is -2.25. The average molecular weight is 367 g/mol. The molecule has 0 aromatic carbocycles. The van der Waals surface area contributed by atoms with Gasteiger partial charge in [-0.05, 0) is 33.1 Å². The van der Waals surface area contributed by atoms with Gasteiger partial charge in [0.2, 0.25) is 0 Å². The smallest absolute Gasteiger partial charge is 0.407 e. The van der Waals surface area contributed by atoms with Gasteiger partial charge in [0.1, 0.15) is 17.6 Å². The largest absolute Gasteiger partial charge is 0.444 e. The summed E-state index contributed by atoms with van der Waals surface area (Å²) in [7, 11) is 3.70. The van der Waals surface area contributed by atoms with Crippen LogP contribution in [0.5, 0.6) is 0 Å². The molecule has 26 heavy (non-hydrogen) atoms. The number of alkyl carbamates (subject to hydrolysis) is 1. The molecular formula is C18H33N5O3. The van der Waals surface area contributed by atoms with E-state index in [1.54, 1.807) is 19.4 Å². The van der Waals surface area contributed by atoms with Gasteiger partial charge in [-0.2, -0.15) is 0 Å². The number of guanidine groups is 1. The van der Waals surface area contributed by atoms with Crippen molar-refractivity contribution < 1.29 is 14.1 Å². The summed E-state index contributed by atoms with van der Waals surface area (Å²) in [4.78, 5) is 18.3. The predicted octanol–water partition coefficient (Wildman–Crippen LogP) is 2.62. The van der Waals surface area contributed by atoms with Gasteiger partial charge in [-0.15, -0.1) is 0 Å². The van der Waals surface area contributed by atoms with Gasteiger partial charge < -0.3 is 24.8 Å². The van der Waals surface area contributed by atoms with E-state index in [-0.39, 0.29) is 12.1 Å². The Bertz CT molecular complexity index is 564. The average Bonchev–Trinajstić information content (AvgIpc) is 3.03. The van der Waals surface area contributed by atoms with E-state index < -0.39 is 5.60 Å². The van der Waals surface area contributed by atoms with Crippen LogP contribution in [0.4, 0.5) is 4.79 Å². The monoisotopic (exact) mass is 367 g/mol. The Morgan fingerprint density at radius 2 is 2.12 bits per heavy atom. The van der Waals surface area contributed by atoms with Crippen molar-refractivity contribution in [2.45, 2.75) is 59.2 Å². The minimum atomic E-state index is -0.504. The van der Waals surface area contributed by atoms with Crippen LogP contribution >= 0.6 is 0 Å². The van der Waals surface area contributed by atoms with Gasteiger partial charge in [-0.25, -0.2) is 4.79 Å². The van der Waals surface area contributed by atoms with Crippen LogP contribution < -0.4 is 10.6 Å². The van der Waals surface area contributed by atoms with Crippen LogP contribution in [0, 0.1) is 5.92 Å². The molecule has 1 heterocycles. The molecule has 1 amide bonds. The van der Waals surface area contributed by atoms with Crippen molar-refractivity contribution in [3.8, 4) is 0 Å². The standard InChI is InChI=1S/C18H33N5O3/c1-13(2)15(21-17(24)26-18(3,4)5)8-10-23(7)16(19-6)20-12-14-9-11-25-22-14/h9,11,13,15H,8,10,12H2,1-7H3,(H,19,20)(H,21,24). The number of carbonyl (C=O) groups excluding carboxylic acids is 1. The molecule has 0 saturated heterocycles. The highest BCUT2D eigenvalue weighted by Gasteiger charge is 2.22. The van der Waals surface area contributed by atoms with E-state index in [1.165, 1.54) is 0 Å². The first-order valence-corrected chi connectivity index (χ1v) is 8.93. The van der Waals surface area contributed by atoms with Crippen molar-refractivity contribution >= 4 is 12.1 Å². The summed E-state index contributed by atoms with van der Waals surface area (Å²) in [5, 5.41) is 10.1. The Morgan fingerprint density at radius 3 is 2.62 bits per heavy atom. The first-order valence-electron chi connectivity index (χ1n) is 8.93. The maximum absolute atomic E-state index is 12.0. The van der Waals surface area contributed by atoms with Crippen molar-refractivity contribution in [2.24, 2.45) is 10.9 Å². The lowest BCUT2D eigenvalue weighted by Gasteiger charge is -2.28. The molecule has 1 aromatic rings. The fourth-order valence-corrected chi connectivity index (χ4v) is 2.35. The third kappa shape index (κ3) is 8.22. The Kier molecular flexibility index (Phi) is 8.41. The third-order valence-corrected chi connectivity index (χ3v) is 3.77. The number of amides is 1. The molecule has 1 atom stereocenters. The molecule has 148 valence electrons. The summed E-state index contributed by atoms with van der Waals surface area (Å²) in [5.74, 6) is 1.05. The van der Waals surface area contributed by atoms with Gasteiger partial charge >= 0.3 is 6.09 Å². The molecule has 0 spiro atoms. The van der Waals surface area contributed by atoms with Crippen molar-refractivity contribution in [1.29, 1.82) is 0 Å². The molecule has 0 aliphatic carbocycles. The van der Waals surface area contributed by atoms with Gasteiger partial charge in [0.05, 0.1) is 6.54 Å². The predicted molar refractivity (Wildman–Crippen MR) is 102 cm³/mol. The summed E-state index contributed by atoms with van der Waals surface area (Å²) in [6.45, 7) is 11.0. The molecule has 8 nitrogen and oxygen atoms in total. The highest BCUT2D eigenvalue weighted by molar-refractivity contribution is 5.79. The van der Waals surface area contributed by atoms with E-state index in [4.69, 9.17) is 9.26 Å². The van der Waals surface area contributed by atoms with Crippen molar-refractivity contribution in [2.75, 3.05) is 20.6 Å². The summed E-state index contributed by atoms with van der Waals surface area (Å²) in [5.41, 5.74) is 0.307. The molecule has 0 saturated carbocycles. The number of carbonyl (C=O) groups is 1. The molecule has 2 N–H and O–H groups in total. The first kappa shape index (κ1) is 21.8. The molecule has 1 rings (SSSR count). The van der Waals surface area contributed by atoms with E-state index in [9.17, 15) is 4.79 Å². The Labute approximate surface area is 156 Å². The van der Waals surface area contributed by atoms with Crippen LogP contribution in [0.1, 0.15) is 46.7 Å². The number of aromatic nitrogens is 1. The molecule has 0 aliphatic rings. The van der Waals surface area contributed by atoms with Crippen LogP contribution in [0.15, 0.2) is 21.8 Å². The lowest BCUT2D eigenvalue weighted by atomic mass is 10.0. The molecule has 8 heteroatoms. The van der Waals surface area contributed by atoms with Crippen LogP contribution in [0.2, 0.25) is 0 Å². The number of ether oxygens (including phenoxy) is 1. The molecule has 0 bridgehead atoms. The highest BCUT2D eigenvalue weighted by Crippen LogP contribution is 2.11. The molecule has 0 radical (unpaired) electrons. The zero-order chi connectivity index (χ0) is 19.7. The second-order valence-electron chi connectivity index (χ2n) is 7.60. The van der Waals surface area contributed by atoms with Crippen LogP contribution in [-0.4, -0.2) is 54.4 Å². The number of hydrogen-bond acceptors (Lipinski definition) is 5. The van der Waals surface area contributed by atoms with E-state index >= 15 is 0 Å². The van der Waals surface area contributed by atoms with Crippen LogP contribution in [-0.2, 0) is 11.3 Å². The maximum Gasteiger partial charge on any atom is 0.407 e. The number of aliphatic imine (C=N–C) groups is 1. The topological polar surface area (TPSA) is 92.0 Å². The summed E-state index contributed by atoms with van der Waals surface area (Å²) in [6, 6.07) is 1.82. The number of rotatable bonds is 7. The molecule has 0 fully saturated rings. The quantitative estimate of drug-likeness (QED) is 0.568. The van der Waals surface area contributed by atoms with Gasteiger partial charge in [-0.1, -0.05) is 19.0 Å². The van der Waals surface area contributed by atoms with Gasteiger partial charge in [0.15, 0.2) is 5.96 Å². The zero-order valence-corrected chi connectivity index (χ0v) is 17.0. The lowest BCUT2D eigenvalue weighted by Crippen LogP contribution is -2.45. The summed E-state index contributed by atoms with van der Waals surface area (Å²) >= 11 is 0. The van der Waals surface area contributed by atoms with Crippen molar-refractivity contribution in [1.82, 2.24) is 20.7 Å². The summed E-state index contributed by atoms with van der Waals surface area (Å²) in [6.07, 6.45) is 1.93. The molecule has 1 unspecified atom stereocenters. The van der Waals surface area contributed by atoms with Gasteiger partial charge in [0.25, 0.3) is 0 Å². The van der Waals surface area contributed by atoms with Gasteiger partial charge in [-0.3, -0.25) is 4.99 Å². The van der Waals surface area contributed by atoms with Crippen LogP contribution in [0.25, 0.3) is 0 Å². The third-order valence-electron chi connectivity index (χ3n) is 3.77. The maximum atomic E-state index is 12.0. The SMILES string of the molecule is CN=C(NCc1ccon1)N(C)CCC(NC(=O)OC(C)(C)C)C(C)C. The lowest BCUT2D eigenvalue weighted by molar-refractivity contribution is 0.0486. The zero-order valence-electron chi connectivity index (χ0n) is 17.0. The van der Waals surface area contributed by atoms with Gasteiger partial charge in [0, 0.05) is 32.7 Å². The van der Waals surface area contributed by atoms with E-state index in [1.807, 2.05) is 32.7 Å². The number of hydrogen-bond donors (Lipinski definition) is 2. The minimum absolute atomic E-state index is 0.0148. The van der Waals surface area contributed by atoms with E-state index in [0.29, 0.717) is 12.5 Å². The Morgan fingerprint density at radius 1 is 1.42 bits per heavy atom. The first-order chi connectivity index (χ1) is 12.1. The minimum Gasteiger partial charge on any atom is -0.444 e. The second kappa shape index (κ2) is 10.0. The molecule has 0 aliphatic heterocycles. The summed E-state index contributed by atoms with van der Waals surface area (Å²) < 4.78 is 10.2. The van der Waals surface area contributed by atoms with E-state index in [0.717, 1.165) is 24.6 Å². The van der Waals surface area contributed by atoms with Crippen LogP contribution in [0.3, 0.4) is 0 Å². The highest BCUT2D eigenvalue weighted by atomic mass is 16.6. The Balaban J connectivity index is 2.51. The molecular weight excluding hydrogens is 334 g/mol. The fourth-order valence-electron chi connectivity index (χ4n) is 2.35. The number of nitrogens with one attached hydrogen (secondary N) is 2.